The van der Waals surface area contributed by atoms with Gasteiger partial charge in [0.05, 0.1) is 13.0 Å². The SMILES string of the molecule is NCC(=O)N[C@@H](CC(=O)O)C(=O)N[C@@H](Cc1ccc(O)cc1)C(=O)N[C@@H](Cc1ccccc1)C(=O)N[C@@H](CCC(=O)O)C(=O)O. The van der Waals surface area contributed by atoms with Crippen molar-refractivity contribution >= 4 is 41.5 Å². The first kappa shape index (κ1) is 35.7. The van der Waals surface area contributed by atoms with Crippen LogP contribution in [-0.2, 0) is 46.4 Å². The minimum atomic E-state index is -1.61. The van der Waals surface area contributed by atoms with Crippen molar-refractivity contribution < 1.29 is 54.0 Å². The summed E-state index contributed by atoms with van der Waals surface area (Å²) in [7, 11) is 0. The molecule has 0 aliphatic heterocycles. The Balaban J connectivity index is 2.39. The molecular weight excluding hydrogens is 594 g/mol. The van der Waals surface area contributed by atoms with E-state index in [0.29, 0.717) is 11.1 Å². The first-order valence-electron chi connectivity index (χ1n) is 13.7. The van der Waals surface area contributed by atoms with E-state index in [4.69, 9.17) is 10.8 Å². The fourth-order valence-corrected chi connectivity index (χ4v) is 4.12. The summed E-state index contributed by atoms with van der Waals surface area (Å²) < 4.78 is 0. The molecule has 0 radical (unpaired) electrons. The third-order valence-corrected chi connectivity index (χ3v) is 6.40. The maximum Gasteiger partial charge on any atom is 0.326 e. The van der Waals surface area contributed by atoms with Gasteiger partial charge in [-0.05, 0) is 29.7 Å². The Hall–Kier alpha value is -5.51. The number of nitrogens with two attached hydrogens (primary N) is 1. The molecule has 0 spiro atoms. The quantitative estimate of drug-likeness (QED) is 0.0911. The van der Waals surface area contributed by atoms with Crippen LogP contribution >= 0.6 is 0 Å². The number of aromatic hydroxyl groups is 1. The number of carbonyl (C=O) groups is 7. The van der Waals surface area contributed by atoms with E-state index in [1.165, 1.54) is 24.3 Å². The van der Waals surface area contributed by atoms with Gasteiger partial charge in [-0.2, -0.15) is 0 Å². The number of hydrogen-bond donors (Lipinski definition) is 9. The highest BCUT2D eigenvalue weighted by atomic mass is 16.4. The van der Waals surface area contributed by atoms with E-state index in [1.807, 2.05) is 0 Å². The molecule has 242 valence electrons. The monoisotopic (exact) mass is 629 g/mol. The molecule has 2 aromatic carbocycles. The van der Waals surface area contributed by atoms with Crippen LogP contribution < -0.4 is 27.0 Å². The molecule has 0 saturated carbocycles. The van der Waals surface area contributed by atoms with Crippen LogP contribution in [0.15, 0.2) is 54.6 Å². The zero-order valence-corrected chi connectivity index (χ0v) is 24.0. The lowest BCUT2D eigenvalue weighted by Crippen LogP contribution is -2.59. The minimum Gasteiger partial charge on any atom is -0.508 e. The van der Waals surface area contributed by atoms with Crippen LogP contribution in [0.1, 0.15) is 30.4 Å². The largest absolute Gasteiger partial charge is 0.508 e. The average molecular weight is 630 g/mol. The zero-order valence-electron chi connectivity index (χ0n) is 24.0. The standard InChI is InChI=1S/C29H35N5O11/c30-15-23(36)31-22(14-25(39)40)28(43)34-21(13-17-6-8-18(35)9-7-17)27(42)33-20(12-16-4-2-1-3-5-16)26(41)32-19(29(44)45)10-11-24(37)38/h1-9,19-22,35H,10-15,30H2,(H,31,36)(H,32,41)(H,33,42)(H,34,43)(H,37,38)(H,39,40)(H,44,45)/t19-,20-,21-,22-/m0/s1. The van der Waals surface area contributed by atoms with E-state index in [1.54, 1.807) is 30.3 Å². The van der Waals surface area contributed by atoms with Gasteiger partial charge in [0.1, 0.15) is 29.9 Å². The van der Waals surface area contributed by atoms with Crippen molar-refractivity contribution in [1.29, 1.82) is 0 Å². The molecule has 0 bridgehead atoms. The van der Waals surface area contributed by atoms with Crippen LogP contribution in [0.3, 0.4) is 0 Å². The van der Waals surface area contributed by atoms with E-state index in [9.17, 15) is 48.9 Å². The van der Waals surface area contributed by atoms with Gasteiger partial charge in [0.25, 0.3) is 0 Å². The number of benzene rings is 2. The van der Waals surface area contributed by atoms with E-state index < -0.39 is 91.5 Å². The highest BCUT2D eigenvalue weighted by Gasteiger charge is 2.32. The predicted octanol–water partition coefficient (Wildman–Crippen LogP) is -1.50. The lowest BCUT2D eigenvalue weighted by atomic mass is 10.0. The molecule has 0 heterocycles. The molecule has 0 aromatic heterocycles. The van der Waals surface area contributed by atoms with Gasteiger partial charge in [-0.15, -0.1) is 0 Å². The third-order valence-electron chi connectivity index (χ3n) is 6.40. The normalized spacial score (nSPS) is 13.3. The van der Waals surface area contributed by atoms with E-state index in [2.05, 4.69) is 21.3 Å². The van der Waals surface area contributed by atoms with Gasteiger partial charge in [-0.25, -0.2) is 4.79 Å². The number of carbonyl (C=O) groups excluding carboxylic acids is 4. The molecule has 4 atom stereocenters. The molecule has 4 amide bonds. The number of amides is 4. The van der Waals surface area contributed by atoms with E-state index in [-0.39, 0.29) is 18.6 Å². The van der Waals surface area contributed by atoms with Crippen LogP contribution in [0.4, 0.5) is 0 Å². The fraction of sp³-hybridized carbons (Fsp3) is 0.345. The molecule has 2 rings (SSSR count). The van der Waals surface area contributed by atoms with Crippen molar-refractivity contribution in [2.45, 2.75) is 56.3 Å². The second-order valence-corrected chi connectivity index (χ2v) is 9.94. The number of phenolic OH excluding ortho intramolecular Hbond substituents is 1. The van der Waals surface area contributed by atoms with E-state index in [0.717, 1.165) is 0 Å². The van der Waals surface area contributed by atoms with Crippen molar-refractivity contribution in [3.8, 4) is 5.75 Å². The maximum absolute atomic E-state index is 13.6. The topological polar surface area (TPSA) is 275 Å². The highest BCUT2D eigenvalue weighted by molar-refractivity contribution is 5.96. The average Bonchev–Trinajstić information content (AvgIpc) is 2.98. The molecule has 2 aromatic rings. The number of rotatable bonds is 18. The number of nitrogens with one attached hydrogen (secondary N) is 4. The lowest BCUT2D eigenvalue weighted by molar-refractivity contribution is -0.143. The molecule has 10 N–H and O–H groups in total. The lowest BCUT2D eigenvalue weighted by Gasteiger charge is -2.26. The second kappa shape index (κ2) is 17.6. The van der Waals surface area contributed by atoms with Crippen molar-refractivity contribution in [3.05, 3.63) is 65.7 Å². The van der Waals surface area contributed by atoms with Gasteiger partial charge in [-0.3, -0.25) is 28.8 Å². The van der Waals surface area contributed by atoms with Gasteiger partial charge >= 0.3 is 17.9 Å². The summed E-state index contributed by atoms with van der Waals surface area (Å²) >= 11 is 0. The second-order valence-electron chi connectivity index (χ2n) is 9.94. The highest BCUT2D eigenvalue weighted by Crippen LogP contribution is 2.13. The molecule has 0 fully saturated rings. The number of hydrogen-bond acceptors (Lipinski definition) is 9. The Labute approximate surface area is 257 Å². The Morgan fingerprint density at radius 2 is 1.11 bits per heavy atom. The van der Waals surface area contributed by atoms with Crippen LogP contribution in [-0.4, -0.2) is 92.7 Å². The van der Waals surface area contributed by atoms with Crippen molar-refractivity contribution in [2.24, 2.45) is 5.73 Å². The third kappa shape index (κ3) is 12.7. The molecule has 0 aliphatic rings. The van der Waals surface area contributed by atoms with Gasteiger partial charge in [0.2, 0.25) is 23.6 Å². The van der Waals surface area contributed by atoms with E-state index >= 15 is 0 Å². The minimum absolute atomic E-state index is 0.0784. The molecule has 16 heteroatoms. The van der Waals surface area contributed by atoms with Gasteiger partial charge in [0, 0.05) is 19.3 Å². The van der Waals surface area contributed by atoms with Gasteiger partial charge in [0.15, 0.2) is 0 Å². The van der Waals surface area contributed by atoms with Crippen LogP contribution in [0.2, 0.25) is 0 Å². The Morgan fingerprint density at radius 3 is 1.58 bits per heavy atom. The molecule has 0 unspecified atom stereocenters. The summed E-state index contributed by atoms with van der Waals surface area (Å²) in [5.74, 6) is -8.01. The first-order chi connectivity index (χ1) is 21.3. The Bertz CT molecular complexity index is 1370. The fourth-order valence-electron chi connectivity index (χ4n) is 4.12. The van der Waals surface area contributed by atoms with Crippen LogP contribution in [0, 0.1) is 0 Å². The van der Waals surface area contributed by atoms with Crippen molar-refractivity contribution in [3.63, 3.8) is 0 Å². The number of phenols is 1. The smallest absolute Gasteiger partial charge is 0.326 e. The summed E-state index contributed by atoms with van der Waals surface area (Å²) in [5.41, 5.74) is 6.28. The van der Waals surface area contributed by atoms with Crippen LogP contribution in [0.25, 0.3) is 0 Å². The van der Waals surface area contributed by atoms with Gasteiger partial charge in [-0.1, -0.05) is 42.5 Å². The molecule has 45 heavy (non-hydrogen) atoms. The number of carboxylic acid groups (broad SMARTS) is 3. The Morgan fingerprint density at radius 1 is 0.622 bits per heavy atom. The molecular formula is C29H35N5O11. The Kier molecular flexibility index (Phi) is 13.9. The number of aliphatic carboxylic acids is 3. The molecule has 16 nitrogen and oxygen atoms in total. The summed E-state index contributed by atoms with van der Waals surface area (Å²) in [5, 5.41) is 46.6. The number of carboxylic acids is 3. The molecule has 0 aliphatic carbocycles. The molecule has 0 saturated heterocycles. The summed E-state index contributed by atoms with van der Waals surface area (Å²) in [4.78, 5) is 85.9. The van der Waals surface area contributed by atoms with Crippen molar-refractivity contribution in [2.75, 3.05) is 6.54 Å². The predicted molar refractivity (Wildman–Crippen MR) is 155 cm³/mol. The van der Waals surface area contributed by atoms with Crippen LogP contribution in [0.5, 0.6) is 5.75 Å². The van der Waals surface area contributed by atoms with Gasteiger partial charge < -0.3 is 47.4 Å². The summed E-state index contributed by atoms with van der Waals surface area (Å²) in [6, 6.07) is 7.88. The summed E-state index contributed by atoms with van der Waals surface area (Å²) in [6.45, 7) is -0.541. The maximum atomic E-state index is 13.6. The first-order valence-corrected chi connectivity index (χ1v) is 13.7. The van der Waals surface area contributed by atoms with Crippen molar-refractivity contribution in [1.82, 2.24) is 21.3 Å². The zero-order chi connectivity index (χ0) is 33.5. The summed E-state index contributed by atoms with van der Waals surface area (Å²) in [6.07, 6.45) is -2.15.